The maximum Gasteiger partial charge on any atom is 0.117 e. The minimum Gasteiger partial charge on any atom is -0.385 e. The lowest BCUT2D eigenvalue weighted by atomic mass is 9.67. The number of hydrogen-bond acceptors (Lipinski definition) is 2. The highest BCUT2D eigenvalue weighted by Gasteiger charge is 2.41. The summed E-state index contributed by atoms with van der Waals surface area (Å²) in [7, 11) is 0. The van der Waals surface area contributed by atoms with Crippen LogP contribution in [0, 0.1) is 11.8 Å². The van der Waals surface area contributed by atoms with Gasteiger partial charge in [0.1, 0.15) is 5.60 Å². The fourth-order valence-corrected chi connectivity index (χ4v) is 5.60. The summed E-state index contributed by atoms with van der Waals surface area (Å²) in [4.78, 5) is 0. The van der Waals surface area contributed by atoms with Gasteiger partial charge in [-0.25, -0.2) is 0 Å². The number of benzene rings is 3. The minimum atomic E-state index is -0.908. The molecule has 1 saturated carbocycles. The van der Waals surface area contributed by atoms with Gasteiger partial charge in [0.05, 0.1) is 0 Å². The van der Waals surface area contributed by atoms with E-state index in [1.54, 1.807) is 0 Å². The summed E-state index contributed by atoms with van der Waals surface area (Å²) in [5.41, 5.74) is 3.92. The third-order valence-corrected chi connectivity index (χ3v) is 7.73. The van der Waals surface area contributed by atoms with Crippen LogP contribution in [0.2, 0.25) is 0 Å². The van der Waals surface area contributed by atoms with Gasteiger partial charge in [-0.15, -0.1) is 0 Å². The van der Waals surface area contributed by atoms with Crippen LogP contribution in [-0.4, -0.2) is 11.7 Å². The zero-order valence-corrected chi connectivity index (χ0v) is 21.1. The van der Waals surface area contributed by atoms with E-state index in [0.29, 0.717) is 0 Å². The van der Waals surface area contributed by atoms with E-state index in [1.807, 2.05) is 36.4 Å². The second-order valence-electron chi connectivity index (χ2n) is 11.1. The predicted octanol–water partition coefficient (Wildman–Crippen LogP) is 7.92. The Morgan fingerprint density at radius 1 is 0.706 bits per heavy atom. The fourth-order valence-electron chi connectivity index (χ4n) is 5.60. The highest BCUT2D eigenvalue weighted by atomic mass is 16.3. The molecule has 0 atom stereocenters. The largest absolute Gasteiger partial charge is 0.385 e. The van der Waals surface area contributed by atoms with Crippen molar-refractivity contribution < 1.29 is 5.11 Å². The lowest BCUT2D eigenvalue weighted by Crippen LogP contribution is -2.38. The van der Waals surface area contributed by atoms with E-state index in [1.165, 1.54) is 36.9 Å². The molecule has 3 aromatic rings. The molecule has 0 bridgehead atoms. The predicted molar refractivity (Wildman–Crippen MR) is 144 cm³/mol. The summed E-state index contributed by atoms with van der Waals surface area (Å²) in [5.74, 6) is 1.02. The van der Waals surface area contributed by atoms with Gasteiger partial charge in [-0.3, -0.25) is 0 Å². The number of aliphatic hydroxyl groups is 1. The highest BCUT2D eigenvalue weighted by Crippen LogP contribution is 2.45. The molecule has 0 unspecified atom stereocenters. The third kappa shape index (κ3) is 5.73. The molecule has 4 rings (SSSR count). The van der Waals surface area contributed by atoms with Crippen LogP contribution in [0.1, 0.15) is 76.0 Å². The van der Waals surface area contributed by atoms with Gasteiger partial charge in [0.15, 0.2) is 0 Å². The average Bonchev–Trinajstić information content (AvgIpc) is 2.87. The Morgan fingerprint density at radius 3 is 1.74 bits per heavy atom. The van der Waals surface area contributed by atoms with Gasteiger partial charge in [0.25, 0.3) is 0 Å². The molecule has 1 aliphatic rings. The smallest absolute Gasteiger partial charge is 0.117 e. The molecular formula is C32H41NO. The molecule has 34 heavy (non-hydrogen) atoms. The summed E-state index contributed by atoms with van der Waals surface area (Å²) in [6, 6.07) is 29.4. The van der Waals surface area contributed by atoms with E-state index < -0.39 is 5.60 Å². The average molecular weight is 456 g/mol. The van der Waals surface area contributed by atoms with Gasteiger partial charge < -0.3 is 10.4 Å². The van der Waals surface area contributed by atoms with Crippen LogP contribution in [0.15, 0.2) is 84.9 Å². The van der Waals surface area contributed by atoms with Crippen molar-refractivity contribution in [2.45, 2.75) is 70.3 Å². The second kappa shape index (κ2) is 10.8. The van der Waals surface area contributed by atoms with Crippen molar-refractivity contribution >= 4 is 5.69 Å². The molecular weight excluding hydrogens is 414 g/mol. The summed E-state index contributed by atoms with van der Waals surface area (Å²) in [6.45, 7) is 7.78. The monoisotopic (exact) mass is 455 g/mol. The summed E-state index contributed by atoms with van der Waals surface area (Å²) in [5, 5.41) is 15.7. The van der Waals surface area contributed by atoms with E-state index >= 15 is 0 Å². The lowest BCUT2D eigenvalue weighted by Gasteiger charge is -2.41. The van der Waals surface area contributed by atoms with Crippen LogP contribution >= 0.6 is 0 Å². The van der Waals surface area contributed by atoms with Gasteiger partial charge in [-0.1, -0.05) is 106 Å². The van der Waals surface area contributed by atoms with Crippen LogP contribution in [0.3, 0.4) is 0 Å². The lowest BCUT2D eigenvalue weighted by molar-refractivity contribution is -0.00803. The van der Waals surface area contributed by atoms with Crippen LogP contribution in [0.25, 0.3) is 0 Å². The van der Waals surface area contributed by atoms with E-state index in [0.717, 1.165) is 36.4 Å². The summed E-state index contributed by atoms with van der Waals surface area (Å²) in [6.07, 6.45) is 7.01. The molecule has 1 aliphatic carbocycles. The normalized spacial score (nSPS) is 19.1. The van der Waals surface area contributed by atoms with Gasteiger partial charge in [0, 0.05) is 12.2 Å². The van der Waals surface area contributed by atoms with Crippen molar-refractivity contribution in [1.82, 2.24) is 0 Å². The SMILES string of the molecule is CC(C)(C)c1ccc(NCCCC2CCC(C(O)(c3ccccc3)c3ccccc3)CC2)cc1. The molecule has 2 N–H and O–H groups in total. The fraction of sp³-hybridized carbons (Fsp3) is 0.438. The van der Waals surface area contributed by atoms with E-state index in [2.05, 4.69) is 74.6 Å². The third-order valence-electron chi connectivity index (χ3n) is 7.73. The quantitative estimate of drug-likeness (QED) is 0.338. The zero-order valence-electron chi connectivity index (χ0n) is 21.1. The van der Waals surface area contributed by atoms with Gasteiger partial charge >= 0.3 is 0 Å². The standard InChI is InChI=1S/C32H41NO/c1-31(2,3)26-20-22-30(23-21-26)33-24-10-11-25-16-18-29(19-17-25)32(34,27-12-6-4-7-13-27)28-14-8-5-9-15-28/h4-9,12-15,20-23,25,29,33-34H,10-11,16-19,24H2,1-3H3. The first-order chi connectivity index (χ1) is 16.4. The van der Waals surface area contributed by atoms with Crippen molar-refractivity contribution in [1.29, 1.82) is 0 Å². The molecule has 0 saturated heterocycles. The Balaban J connectivity index is 1.29. The molecule has 0 aromatic heterocycles. The summed E-state index contributed by atoms with van der Waals surface area (Å²) < 4.78 is 0. The zero-order chi connectivity index (χ0) is 24.0. The van der Waals surface area contributed by atoms with Gasteiger partial charge in [-0.2, -0.15) is 0 Å². The molecule has 180 valence electrons. The van der Waals surface area contributed by atoms with Crippen molar-refractivity contribution in [2.75, 3.05) is 11.9 Å². The minimum absolute atomic E-state index is 0.199. The van der Waals surface area contributed by atoms with E-state index in [9.17, 15) is 5.11 Å². The van der Waals surface area contributed by atoms with Crippen molar-refractivity contribution in [3.63, 3.8) is 0 Å². The molecule has 0 radical (unpaired) electrons. The van der Waals surface area contributed by atoms with Crippen molar-refractivity contribution in [3.05, 3.63) is 102 Å². The molecule has 2 heteroatoms. The van der Waals surface area contributed by atoms with Crippen molar-refractivity contribution in [2.24, 2.45) is 11.8 Å². The van der Waals surface area contributed by atoms with Crippen LogP contribution in [0.4, 0.5) is 5.69 Å². The van der Waals surface area contributed by atoms with E-state index in [4.69, 9.17) is 0 Å². The van der Waals surface area contributed by atoms with Crippen molar-refractivity contribution in [3.8, 4) is 0 Å². The Labute approximate surface area is 206 Å². The number of hydrogen-bond donors (Lipinski definition) is 2. The molecule has 0 heterocycles. The first-order valence-corrected chi connectivity index (χ1v) is 13.0. The van der Waals surface area contributed by atoms with E-state index in [-0.39, 0.29) is 11.3 Å². The maximum atomic E-state index is 12.1. The second-order valence-corrected chi connectivity index (χ2v) is 11.1. The Morgan fingerprint density at radius 2 is 1.24 bits per heavy atom. The first kappa shape index (κ1) is 24.5. The molecule has 0 spiro atoms. The number of nitrogens with one attached hydrogen (secondary N) is 1. The first-order valence-electron chi connectivity index (χ1n) is 13.0. The number of anilines is 1. The molecule has 0 aliphatic heterocycles. The topological polar surface area (TPSA) is 32.3 Å². The van der Waals surface area contributed by atoms with Crippen LogP contribution < -0.4 is 5.32 Å². The summed E-state index contributed by atoms with van der Waals surface area (Å²) >= 11 is 0. The maximum absolute atomic E-state index is 12.1. The Hall–Kier alpha value is -2.58. The molecule has 1 fully saturated rings. The highest BCUT2D eigenvalue weighted by molar-refractivity contribution is 5.45. The number of rotatable bonds is 8. The van der Waals surface area contributed by atoms with Crippen LogP contribution in [0.5, 0.6) is 0 Å². The van der Waals surface area contributed by atoms with Gasteiger partial charge in [0.2, 0.25) is 0 Å². The van der Waals surface area contributed by atoms with Gasteiger partial charge in [-0.05, 0) is 71.8 Å². The Kier molecular flexibility index (Phi) is 7.78. The molecule has 3 aromatic carbocycles. The molecule has 2 nitrogen and oxygen atoms in total. The molecule has 0 amide bonds. The van der Waals surface area contributed by atoms with Crippen LogP contribution in [-0.2, 0) is 11.0 Å². The Bertz CT molecular complexity index is 957.